The molecule has 3 amide bonds. The van der Waals surface area contributed by atoms with Gasteiger partial charge in [0.1, 0.15) is 17.7 Å². The number of ether oxygens (including phenoxy) is 1. The molecule has 0 saturated heterocycles. The Morgan fingerprint density at radius 3 is 2.09 bits per heavy atom. The maximum Gasteiger partial charge on any atom is 0.408 e. The molecule has 0 aromatic heterocycles. The van der Waals surface area contributed by atoms with Crippen LogP contribution in [0.15, 0.2) is 18.2 Å². The topological polar surface area (TPSA) is 87.7 Å². The third-order valence-electron chi connectivity index (χ3n) is 5.84. The highest BCUT2D eigenvalue weighted by Gasteiger charge is 2.35. The molecule has 198 valence electrons. The van der Waals surface area contributed by atoms with E-state index in [-0.39, 0.29) is 11.8 Å². The van der Waals surface area contributed by atoms with Gasteiger partial charge in [-0.1, -0.05) is 57.7 Å². The van der Waals surface area contributed by atoms with Crippen LogP contribution < -0.4 is 10.6 Å². The summed E-state index contributed by atoms with van der Waals surface area (Å²) in [6, 6.07) is 4.28. The number of benzene rings is 1. The molecule has 7 heteroatoms. The van der Waals surface area contributed by atoms with Crippen molar-refractivity contribution in [3.8, 4) is 0 Å². The SMILES string of the molecule is CCCCCNC(=O)C(c1c(C)cccc1C)N(CCCCC)C(=O)C(C)NC(=O)OC(C)(C)C. The number of carbonyl (C=O) groups excluding carboxylic acids is 3. The van der Waals surface area contributed by atoms with Gasteiger partial charge in [-0.2, -0.15) is 0 Å². The summed E-state index contributed by atoms with van der Waals surface area (Å²) in [6.45, 7) is 16.1. The first-order valence-electron chi connectivity index (χ1n) is 13.1. The predicted octanol–water partition coefficient (Wildman–Crippen LogP) is 5.58. The molecule has 0 bridgehead atoms. The number of alkyl carbamates (subject to hydrolysis) is 1. The monoisotopic (exact) mass is 489 g/mol. The fourth-order valence-electron chi connectivity index (χ4n) is 4.06. The van der Waals surface area contributed by atoms with Crippen LogP contribution in [-0.2, 0) is 14.3 Å². The van der Waals surface area contributed by atoms with Crippen molar-refractivity contribution in [1.82, 2.24) is 15.5 Å². The van der Waals surface area contributed by atoms with Gasteiger partial charge in [0.05, 0.1) is 0 Å². The summed E-state index contributed by atoms with van der Waals surface area (Å²) in [4.78, 5) is 41.3. The van der Waals surface area contributed by atoms with Crippen LogP contribution in [-0.4, -0.2) is 47.5 Å². The van der Waals surface area contributed by atoms with Gasteiger partial charge in [-0.15, -0.1) is 0 Å². The Hall–Kier alpha value is -2.57. The van der Waals surface area contributed by atoms with Gasteiger partial charge in [-0.25, -0.2) is 4.79 Å². The predicted molar refractivity (Wildman–Crippen MR) is 141 cm³/mol. The quantitative estimate of drug-likeness (QED) is 0.354. The first kappa shape index (κ1) is 30.5. The van der Waals surface area contributed by atoms with Crippen LogP contribution in [0.5, 0.6) is 0 Å². The van der Waals surface area contributed by atoms with Gasteiger partial charge in [0, 0.05) is 13.1 Å². The molecule has 0 heterocycles. The smallest absolute Gasteiger partial charge is 0.408 e. The number of aryl methyl sites for hydroxylation is 2. The van der Waals surface area contributed by atoms with E-state index in [2.05, 4.69) is 24.5 Å². The first-order valence-corrected chi connectivity index (χ1v) is 13.1. The van der Waals surface area contributed by atoms with Gasteiger partial charge < -0.3 is 20.3 Å². The number of nitrogens with zero attached hydrogens (tertiary/aromatic N) is 1. The number of hydrogen-bond donors (Lipinski definition) is 2. The molecule has 1 aromatic carbocycles. The second kappa shape index (κ2) is 14.7. The molecule has 35 heavy (non-hydrogen) atoms. The third kappa shape index (κ3) is 10.3. The summed E-state index contributed by atoms with van der Waals surface area (Å²) in [7, 11) is 0. The largest absolute Gasteiger partial charge is 0.444 e. The Labute approximate surface area is 212 Å². The number of hydrogen-bond acceptors (Lipinski definition) is 4. The lowest BCUT2D eigenvalue weighted by molar-refractivity contribution is -0.142. The van der Waals surface area contributed by atoms with Crippen LogP contribution in [0.4, 0.5) is 4.79 Å². The fourth-order valence-corrected chi connectivity index (χ4v) is 4.06. The van der Waals surface area contributed by atoms with Gasteiger partial charge >= 0.3 is 6.09 Å². The van der Waals surface area contributed by atoms with Crippen molar-refractivity contribution < 1.29 is 19.1 Å². The zero-order valence-corrected chi connectivity index (χ0v) is 23.1. The van der Waals surface area contributed by atoms with Crippen LogP contribution in [0.1, 0.15) is 103 Å². The van der Waals surface area contributed by atoms with Gasteiger partial charge in [-0.3, -0.25) is 9.59 Å². The molecule has 1 aromatic rings. The molecule has 7 nitrogen and oxygen atoms in total. The molecule has 0 aliphatic heterocycles. The Morgan fingerprint density at radius 1 is 0.971 bits per heavy atom. The summed E-state index contributed by atoms with van der Waals surface area (Å²) in [6.07, 6.45) is 5.03. The third-order valence-corrected chi connectivity index (χ3v) is 5.84. The average molecular weight is 490 g/mol. The summed E-state index contributed by atoms with van der Waals surface area (Å²) >= 11 is 0. The van der Waals surface area contributed by atoms with Gasteiger partial charge in [-0.05, 0) is 71.1 Å². The van der Waals surface area contributed by atoms with Crippen molar-refractivity contribution in [3.05, 3.63) is 34.9 Å². The average Bonchev–Trinajstić information content (AvgIpc) is 2.75. The lowest BCUT2D eigenvalue weighted by Crippen LogP contribution is -2.52. The van der Waals surface area contributed by atoms with E-state index in [0.717, 1.165) is 55.2 Å². The van der Waals surface area contributed by atoms with Crippen LogP contribution in [0.25, 0.3) is 0 Å². The number of nitrogens with one attached hydrogen (secondary N) is 2. The number of amides is 3. The Balaban J connectivity index is 3.34. The highest BCUT2D eigenvalue weighted by Crippen LogP contribution is 2.29. The Bertz CT molecular complexity index is 812. The molecule has 0 fully saturated rings. The summed E-state index contributed by atoms with van der Waals surface area (Å²) in [5, 5.41) is 5.72. The second-order valence-electron chi connectivity index (χ2n) is 10.3. The van der Waals surface area contributed by atoms with E-state index in [1.807, 2.05) is 32.0 Å². The van der Waals surface area contributed by atoms with Crippen molar-refractivity contribution in [2.75, 3.05) is 13.1 Å². The van der Waals surface area contributed by atoms with Crippen molar-refractivity contribution in [2.24, 2.45) is 0 Å². The maximum atomic E-state index is 13.7. The zero-order chi connectivity index (χ0) is 26.6. The highest BCUT2D eigenvalue weighted by atomic mass is 16.6. The molecule has 2 unspecified atom stereocenters. The zero-order valence-electron chi connectivity index (χ0n) is 23.1. The molecular weight excluding hydrogens is 442 g/mol. The van der Waals surface area contributed by atoms with Crippen molar-refractivity contribution in [1.29, 1.82) is 0 Å². The van der Waals surface area contributed by atoms with Crippen molar-refractivity contribution >= 4 is 17.9 Å². The van der Waals surface area contributed by atoms with E-state index in [1.54, 1.807) is 32.6 Å². The molecule has 0 saturated carbocycles. The van der Waals surface area contributed by atoms with E-state index in [4.69, 9.17) is 4.74 Å². The van der Waals surface area contributed by atoms with Gasteiger partial charge in [0.2, 0.25) is 11.8 Å². The van der Waals surface area contributed by atoms with Crippen LogP contribution in [0, 0.1) is 13.8 Å². The van der Waals surface area contributed by atoms with Crippen LogP contribution >= 0.6 is 0 Å². The van der Waals surface area contributed by atoms with E-state index in [1.165, 1.54) is 0 Å². The molecule has 1 rings (SSSR count). The van der Waals surface area contributed by atoms with Crippen molar-refractivity contribution in [3.63, 3.8) is 0 Å². The van der Waals surface area contributed by atoms with Gasteiger partial charge in [0.25, 0.3) is 0 Å². The number of rotatable bonds is 13. The summed E-state index contributed by atoms with van der Waals surface area (Å²) in [5.41, 5.74) is 2.08. The molecule has 0 aliphatic rings. The molecule has 0 spiro atoms. The lowest BCUT2D eigenvalue weighted by Gasteiger charge is -2.35. The minimum atomic E-state index is -0.841. The Kier molecular flexibility index (Phi) is 12.8. The fraction of sp³-hybridized carbons (Fsp3) is 0.679. The molecule has 2 N–H and O–H groups in total. The van der Waals surface area contributed by atoms with E-state index >= 15 is 0 Å². The van der Waals surface area contributed by atoms with Crippen LogP contribution in [0.3, 0.4) is 0 Å². The normalized spacial score (nSPS) is 13.0. The van der Waals surface area contributed by atoms with E-state index in [9.17, 15) is 14.4 Å². The lowest BCUT2D eigenvalue weighted by atomic mass is 9.93. The molecular formula is C28H47N3O4. The maximum absolute atomic E-state index is 13.7. The van der Waals surface area contributed by atoms with Crippen LogP contribution in [0.2, 0.25) is 0 Å². The van der Waals surface area contributed by atoms with E-state index in [0.29, 0.717) is 13.1 Å². The minimum absolute atomic E-state index is 0.187. The van der Waals surface area contributed by atoms with Gasteiger partial charge in [0.15, 0.2) is 0 Å². The molecule has 0 aliphatic carbocycles. The Morgan fingerprint density at radius 2 is 1.54 bits per heavy atom. The number of unbranched alkanes of at least 4 members (excludes halogenated alkanes) is 4. The van der Waals surface area contributed by atoms with Crippen molar-refractivity contribution in [2.45, 2.75) is 112 Å². The number of carbonyl (C=O) groups is 3. The highest BCUT2D eigenvalue weighted by molar-refractivity contribution is 5.92. The molecule has 0 radical (unpaired) electrons. The summed E-state index contributed by atoms with van der Waals surface area (Å²) in [5.74, 6) is -0.490. The summed E-state index contributed by atoms with van der Waals surface area (Å²) < 4.78 is 5.34. The standard InChI is InChI=1S/C28H47N3O4/c1-9-11-13-18-29-25(32)24(23-20(3)16-15-17-21(23)4)31(19-14-12-10-2)26(33)22(5)30-27(34)35-28(6,7)8/h15-17,22,24H,9-14,18-19H2,1-8H3,(H,29,32)(H,30,34). The van der Waals surface area contributed by atoms with E-state index < -0.39 is 23.8 Å². The second-order valence-corrected chi connectivity index (χ2v) is 10.3. The minimum Gasteiger partial charge on any atom is -0.444 e. The first-order chi connectivity index (χ1) is 16.4. The molecule has 2 atom stereocenters.